The SMILES string of the molecule is C/C=C(\C)NC(=O)N1CCC(c2ncnc3cc(OCCCN4CCN(C)CC4)c(F)cc23)CC1.C=CCN1CCOCC1.CC.CC. The summed E-state index contributed by atoms with van der Waals surface area (Å²) >= 11 is 0. The number of allylic oxidation sites excluding steroid dienone is 2. The van der Waals surface area contributed by atoms with Crippen LogP contribution >= 0.6 is 0 Å². The number of halogens is 1. The second-order valence-electron chi connectivity index (χ2n) is 11.8. The number of nitrogens with one attached hydrogen (secondary N) is 1. The van der Waals surface area contributed by atoms with E-state index in [1.54, 1.807) is 12.4 Å². The molecule has 3 fully saturated rings. The molecule has 48 heavy (non-hydrogen) atoms. The molecule has 1 aromatic carbocycles. The molecule has 1 N–H and O–H groups in total. The topological polar surface area (TPSA) is 86.3 Å². The van der Waals surface area contributed by atoms with Crippen LogP contribution in [-0.2, 0) is 4.74 Å². The van der Waals surface area contributed by atoms with Crippen molar-refractivity contribution in [3.63, 3.8) is 0 Å². The molecule has 0 unspecified atom stereocenters. The Bertz CT molecular complexity index is 1240. The average molecular weight is 672 g/mol. The van der Waals surface area contributed by atoms with Crippen molar-refractivity contribution < 1.29 is 18.7 Å². The van der Waals surface area contributed by atoms with Gasteiger partial charge >= 0.3 is 6.03 Å². The lowest BCUT2D eigenvalue weighted by molar-refractivity contribution is 0.0434. The van der Waals surface area contributed by atoms with Crippen LogP contribution in [0.25, 0.3) is 10.9 Å². The molecular formula is C37H62FN7O3. The number of hydrogen-bond donors (Lipinski definition) is 1. The molecule has 11 heteroatoms. The Kier molecular flexibility index (Phi) is 19.9. The van der Waals surface area contributed by atoms with E-state index in [-0.39, 0.29) is 23.5 Å². The van der Waals surface area contributed by atoms with Gasteiger partial charge in [0.1, 0.15) is 6.33 Å². The van der Waals surface area contributed by atoms with Crippen LogP contribution < -0.4 is 10.1 Å². The quantitative estimate of drug-likeness (QED) is 0.251. The fraction of sp³-hybridized carbons (Fsp3) is 0.649. The van der Waals surface area contributed by atoms with Crippen LogP contribution in [-0.4, -0.2) is 128 Å². The minimum atomic E-state index is -0.383. The predicted molar refractivity (Wildman–Crippen MR) is 195 cm³/mol. The van der Waals surface area contributed by atoms with Crippen molar-refractivity contribution in [3.8, 4) is 5.75 Å². The van der Waals surface area contributed by atoms with Gasteiger partial charge in [-0.2, -0.15) is 0 Å². The van der Waals surface area contributed by atoms with Crippen LogP contribution in [0.2, 0.25) is 0 Å². The highest BCUT2D eigenvalue weighted by Gasteiger charge is 2.26. The Morgan fingerprint density at radius 2 is 1.69 bits per heavy atom. The van der Waals surface area contributed by atoms with Crippen molar-refractivity contribution in [1.82, 2.24) is 34.9 Å². The molecule has 0 aliphatic carbocycles. The van der Waals surface area contributed by atoms with Crippen LogP contribution in [0, 0.1) is 5.82 Å². The molecule has 1 aromatic heterocycles. The van der Waals surface area contributed by atoms with E-state index in [0.717, 1.165) is 102 Å². The summed E-state index contributed by atoms with van der Waals surface area (Å²) in [4.78, 5) is 30.2. The Labute approximate surface area is 289 Å². The Balaban J connectivity index is 0.000000522. The number of amides is 2. The van der Waals surface area contributed by atoms with Crippen molar-refractivity contribution in [1.29, 1.82) is 0 Å². The monoisotopic (exact) mass is 671 g/mol. The van der Waals surface area contributed by atoms with Crippen molar-refractivity contribution in [2.45, 2.75) is 66.7 Å². The summed E-state index contributed by atoms with van der Waals surface area (Å²) in [6.07, 6.45) is 7.77. The number of likely N-dealkylation sites (N-methyl/N-ethyl adjacent to an activating group) is 1. The first kappa shape index (κ1) is 41.1. The molecule has 5 rings (SSSR count). The maximum Gasteiger partial charge on any atom is 0.321 e. The molecule has 0 bridgehead atoms. The fourth-order valence-electron chi connectivity index (χ4n) is 5.70. The van der Waals surface area contributed by atoms with E-state index in [2.05, 4.69) is 43.6 Å². The molecule has 3 aliphatic heterocycles. The molecule has 2 amide bonds. The lowest BCUT2D eigenvalue weighted by atomic mass is 9.91. The van der Waals surface area contributed by atoms with E-state index >= 15 is 0 Å². The summed E-state index contributed by atoms with van der Waals surface area (Å²) in [7, 11) is 2.15. The van der Waals surface area contributed by atoms with Gasteiger partial charge in [0.25, 0.3) is 0 Å². The summed E-state index contributed by atoms with van der Waals surface area (Å²) in [5, 5.41) is 3.62. The lowest BCUT2D eigenvalue weighted by Crippen LogP contribution is -2.44. The highest BCUT2D eigenvalue weighted by atomic mass is 19.1. The number of carbonyl (C=O) groups is 1. The van der Waals surface area contributed by atoms with Gasteiger partial charge in [-0.15, -0.1) is 6.58 Å². The van der Waals surface area contributed by atoms with Gasteiger partial charge in [0.05, 0.1) is 31.0 Å². The Hall–Kier alpha value is -3.12. The number of rotatable bonds is 9. The van der Waals surface area contributed by atoms with Gasteiger partial charge in [-0.25, -0.2) is 19.2 Å². The van der Waals surface area contributed by atoms with Gasteiger partial charge in [-0.3, -0.25) is 4.90 Å². The molecular weight excluding hydrogens is 609 g/mol. The molecule has 3 aliphatic rings. The summed E-state index contributed by atoms with van der Waals surface area (Å²) in [6.45, 7) is 27.3. The zero-order valence-corrected chi connectivity index (χ0v) is 30.8. The summed E-state index contributed by atoms with van der Waals surface area (Å²) < 4.78 is 25.9. The molecule has 270 valence electrons. The standard InChI is InChI=1S/C26H37FN6O2.C7H13NO.2C2H6/c1-4-19(2)30-26(34)33-9-6-20(7-10-33)25-21-16-22(27)24(17-23(21)28-18-29-25)35-15-5-8-32-13-11-31(3)12-14-32;1-2-3-8-4-6-9-7-5-8;2*1-2/h4,16-18,20H,5-15H2,1-3H3,(H,30,34);2H,1,3-7H2;2*1-2H3/b19-4+;;;. The van der Waals surface area contributed by atoms with E-state index in [1.807, 2.05) is 58.6 Å². The summed E-state index contributed by atoms with van der Waals surface area (Å²) in [5.41, 5.74) is 2.38. The molecule has 10 nitrogen and oxygen atoms in total. The molecule has 0 radical (unpaired) electrons. The number of piperidine rings is 1. The number of nitrogens with zero attached hydrogens (tertiary/aromatic N) is 6. The van der Waals surface area contributed by atoms with Gasteiger partial charge in [-0.05, 0) is 46.2 Å². The first-order valence-corrected chi connectivity index (χ1v) is 18.0. The van der Waals surface area contributed by atoms with E-state index < -0.39 is 0 Å². The number of piperazine rings is 1. The summed E-state index contributed by atoms with van der Waals surface area (Å²) in [5.74, 6) is 0.0141. The van der Waals surface area contributed by atoms with Crippen molar-refractivity contribution >= 4 is 16.9 Å². The van der Waals surface area contributed by atoms with E-state index in [4.69, 9.17) is 9.47 Å². The zero-order chi connectivity index (χ0) is 35.3. The zero-order valence-electron chi connectivity index (χ0n) is 30.8. The number of likely N-dealkylation sites (tertiary alicyclic amines) is 1. The molecule has 4 heterocycles. The molecule has 0 saturated carbocycles. The third-order valence-electron chi connectivity index (χ3n) is 8.59. The Morgan fingerprint density at radius 3 is 2.31 bits per heavy atom. The van der Waals surface area contributed by atoms with Crippen molar-refractivity contribution in [3.05, 3.63) is 54.4 Å². The average Bonchev–Trinajstić information content (AvgIpc) is 3.13. The fourth-order valence-corrected chi connectivity index (χ4v) is 5.70. The molecule has 2 aromatic rings. The third-order valence-corrected chi connectivity index (χ3v) is 8.59. The normalized spacial score (nSPS) is 18.0. The number of ether oxygens (including phenoxy) is 2. The van der Waals surface area contributed by atoms with Gasteiger partial charge in [0.15, 0.2) is 11.6 Å². The number of aromatic nitrogens is 2. The largest absolute Gasteiger partial charge is 0.490 e. The first-order chi connectivity index (χ1) is 23.4. The summed E-state index contributed by atoms with van der Waals surface area (Å²) in [6, 6.07) is 3.12. The van der Waals surface area contributed by atoms with Crippen LogP contribution in [0.15, 0.2) is 42.9 Å². The molecule has 0 spiro atoms. The molecule has 3 saturated heterocycles. The maximum atomic E-state index is 15.0. The number of fused-ring (bicyclic) bond motifs is 1. The van der Waals surface area contributed by atoms with Crippen LogP contribution in [0.5, 0.6) is 5.75 Å². The predicted octanol–water partition coefficient (Wildman–Crippen LogP) is 6.15. The smallest absolute Gasteiger partial charge is 0.321 e. The van der Waals surface area contributed by atoms with Crippen LogP contribution in [0.4, 0.5) is 9.18 Å². The first-order valence-electron chi connectivity index (χ1n) is 18.0. The van der Waals surface area contributed by atoms with Crippen LogP contribution in [0.1, 0.15) is 72.4 Å². The van der Waals surface area contributed by atoms with Gasteiger partial charge in [0, 0.05) is 88.5 Å². The minimum Gasteiger partial charge on any atom is -0.490 e. The number of morpholine rings is 1. The van der Waals surface area contributed by atoms with E-state index in [0.29, 0.717) is 25.2 Å². The van der Waals surface area contributed by atoms with Gasteiger partial charge in [0.2, 0.25) is 0 Å². The minimum absolute atomic E-state index is 0.0768. The van der Waals surface area contributed by atoms with Gasteiger partial charge in [-0.1, -0.05) is 39.8 Å². The van der Waals surface area contributed by atoms with Gasteiger partial charge < -0.3 is 29.5 Å². The van der Waals surface area contributed by atoms with Crippen molar-refractivity contribution in [2.24, 2.45) is 0 Å². The second-order valence-corrected chi connectivity index (χ2v) is 11.8. The third kappa shape index (κ3) is 13.4. The highest BCUT2D eigenvalue weighted by molar-refractivity contribution is 5.83. The van der Waals surface area contributed by atoms with Crippen LogP contribution in [0.3, 0.4) is 0 Å². The second kappa shape index (κ2) is 23.3. The lowest BCUT2D eigenvalue weighted by Gasteiger charge is -2.32. The number of benzene rings is 1. The number of hydrogen-bond acceptors (Lipinski definition) is 8. The van der Waals surface area contributed by atoms with Crippen molar-refractivity contribution in [2.75, 3.05) is 92.3 Å². The maximum absolute atomic E-state index is 15.0. The van der Waals surface area contributed by atoms with E-state index in [1.165, 1.54) is 6.07 Å². The Morgan fingerprint density at radius 1 is 1.02 bits per heavy atom. The van der Waals surface area contributed by atoms with E-state index in [9.17, 15) is 9.18 Å². The molecule has 0 atom stereocenters. The number of carbonyl (C=O) groups excluding carboxylic acids is 1. The number of urea groups is 1. The highest BCUT2D eigenvalue weighted by Crippen LogP contribution is 2.33.